The Morgan fingerprint density at radius 2 is 1.82 bits per heavy atom. The van der Waals surface area contributed by atoms with Gasteiger partial charge in [-0.05, 0) is 18.2 Å². The van der Waals surface area contributed by atoms with Gasteiger partial charge < -0.3 is 15.1 Å². The fourth-order valence-electron chi connectivity index (χ4n) is 3.45. The predicted octanol–water partition coefficient (Wildman–Crippen LogP) is 1.58. The summed E-state index contributed by atoms with van der Waals surface area (Å²) in [7, 11) is 1.56. The van der Waals surface area contributed by atoms with Gasteiger partial charge >= 0.3 is 0 Å². The first kappa shape index (κ1) is 17.7. The molecule has 28 heavy (non-hydrogen) atoms. The third-order valence-electron chi connectivity index (χ3n) is 4.90. The van der Waals surface area contributed by atoms with Crippen molar-refractivity contribution in [2.75, 3.05) is 43.0 Å². The Morgan fingerprint density at radius 3 is 2.50 bits per heavy atom. The van der Waals surface area contributed by atoms with Crippen LogP contribution in [-0.2, 0) is 0 Å². The normalized spacial score (nSPS) is 14.0. The molecule has 3 heterocycles. The molecule has 1 amide bonds. The van der Waals surface area contributed by atoms with Gasteiger partial charge in [-0.2, -0.15) is 5.26 Å². The van der Waals surface area contributed by atoms with Gasteiger partial charge in [-0.3, -0.25) is 9.78 Å². The van der Waals surface area contributed by atoms with Gasteiger partial charge in [0.25, 0.3) is 5.91 Å². The van der Waals surface area contributed by atoms with E-state index in [1.54, 1.807) is 19.3 Å². The third-order valence-corrected chi connectivity index (χ3v) is 4.90. The number of carbonyl (C=O) groups is 1. The number of para-hydroxylation sites is 1. The van der Waals surface area contributed by atoms with Crippen molar-refractivity contribution in [1.82, 2.24) is 20.5 Å². The summed E-state index contributed by atoms with van der Waals surface area (Å²) in [6, 6.07) is 13.6. The smallest absolute Gasteiger partial charge is 0.271 e. The molecule has 8 nitrogen and oxygen atoms in total. The van der Waals surface area contributed by atoms with Crippen LogP contribution in [0.1, 0.15) is 16.1 Å². The van der Waals surface area contributed by atoms with Crippen LogP contribution in [0.15, 0.2) is 42.6 Å². The lowest BCUT2D eigenvalue weighted by atomic mass is 10.1. The van der Waals surface area contributed by atoms with Crippen molar-refractivity contribution in [3.05, 3.63) is 53.9 Å². The fourth-order valence-corrected chi connectivity index (χ4v) is 3.45. The molecular weight excluding hydrogens is 354 g/mol. The summed E-state index contributed by atoms with van der Waals surface area (Å²) >= 11 is 0. The Hall–Kier alpha value is -3.73. The molecule has 0 saturated carbocycles. The number of fused-ring (bicyclic) bond motifs is 1. The highest BCUT2D eigenvalue weighted by Gasteiger charge is 2.22. The first-order valence-electron chi connectivity index (χ1n) is 9.05. The molecule has 8 heteroatoms. The summed E-state index contributed by atoms with van der Waals surface area (Å²) in [6.07, 6.45) is 1.65. The van der Waals surface area contributed by atoms with Gasteiger partial charge in [0, 0.05) is 44.8 Å². The number of amides is 1. The number of benzene rings is 1. The van der Waals surface area contributed by atoms with E-state index in [0.717, 1.165) is 48.6 Å². The van der Waals surface area contributed by atoms with E-state index in [1.165, 1.54) is 0 Å². The summed E-state index contributed by atoms with van der Waals surface area (Å²) in [5.41, 5.74) is 2.71. The fraction of sp³-hybridized carbons (Fsp3) is 0.250. The van der Waals surface area contributed by atoms with E-state index in [1.807, 2.05) is 30.3 Å². The molecule has 3 aromatic rings. The van der Waals surface area contributed by atoms with Gasteiger partial charge in [0.05, 0.1) is 16.8 Å². The average Bonchev–Trinajstić information content (AvgIpc) is 2.78. The van der Waals surface area contributed by atoms with E-state index in [9.17, 15) is 10.1 Å². The maximum Gasteiger partial charge on any atom is 0.271 e. The summed E-state index contributed by atoms with van der Waals surface area (Å²) in [5.74, 6) is 0.491. The van der Waals surface area contributed by atoms with Crippen LogP contribution >= 0.6 is 0 Å². The molecular formula is C20H19N7O. The van der Waals surface area contributed by atoms with Crippen molar-refractivity contribution in [2.45, 2.75) is 0 Å². The Bertz CT molecular complexity index is 1050. The first-order chi connectivity index (χ1) is 13.7. The molecule has 1 N–H and O–H groups in total. The molecule has 1 saturated heterocycles. The van der Waals surface area contributed by atoms with Gasteiger partial charge in [-0.15, -0.1) is 10.2 Å². The zero-order valence-electron chi connectivity index (χ0n) is 15.5. The largest absolute Gasteiger partial charge is 0.366 e. The number of hydrogen-bond donors (Lipinski definition) is 1. The highest BCUT2D eigenvalue weighted by molar-refractivity contribution is 5.94. The number of rotatable bonds is 3. The summed E-state index contributed by atoms with van der Waals surface area (Å²) in [5, 5.41) is 21.3. The van der Waals surface area contributed by atoms with Crippen LogP contribution in [0.2, 0.25) is 0 Å². The van der Waals surface area contributed by atoms with Gasteiger partial charge in [0.2, 0.25) is 0 Å². The molecule has 0 atom stereocenters. The zero-order valence-corrected chi connectivity index (χ0v) is 15.5. The van der Waals surface area contributed by atoms with Crippen LogP contribution in [-0.4, -0.2) is 54.3 Å². The van der Waals surface area contributed by atoms with Crippen LogP contribution < -0.4 is 15.1 Å². The van der Waals surface area contributed by atoms with E-state index in [2.05, 4.69) is 36.4 Å². The summed E-state index contributed by atoms with van der Waals surface area (Å²) < 4.78 is 0. The van der Waals surface area contributed by atoms with E-state index in [0.29, 0.717) is 11.3 Å². The quantitative estimate of drug-likeness (QED) is 0.744. The van der Waals surface area contributed by atoms with E-state index in [-0.39, 0.29) is 5.91 Å². The first-order valence-corrected chi connectivity index (χ1v) is 9.05. The predicted molar refractivity (Wildman–Crippen MR) is 106 cm³/mol. The molecule has 0 aliphatic carbocycles. The standard InChI is InChI=1S/C20H19N7O/c1-22-20(28)17-6-7-18(25-24-17)26-8-10-27(11-9-26)19-14(12-21)13-23-16-5-3-2-4-15(16)19/h2-7,13H,8-11H2,1H3,(H,22,28). The SMILES string of the molecule is CNC(=O)c1ccc(N2CCN(c3c(C#N)cnc4ccccc34)CC2)nn1. The maximum absolute atomic E-state index is 11.6. The molecule has 0 bridgehead atoms. The van der Waals surface area contributed by atoms with Crippen molar-refractivity contribution >= 4 is 28.3 Å². The summed E-state index contributed by atoms with van der Waals surface area (Å²) in [6.45, 7) is 2.99. The molecule has 4 rings (SSSR count). The number of pyridine rings is 1. The second-order valence-electron chi connectivity index (χ2n) is 6.48. The topological polar surface area (TPSA) is 98.0 Å². The van der Waals surface area contributed by atoms with Gasteiger partial charge in [-0.1, -0.05) is 18.2 Å². The molecule has 2 aromatic heterocycles. The van der Waals surface area contributed by atoms with Gasteiger partial charge in [0.1, 0.15) is 6.07 Å². The van der Waals surface area contributed by atoms with Crippen molar-refractivity contribution in [3.8, 4) is 6.07 Å². The van der Waals surface area contributed by atoms with Crippen molar-refractivity contribution in [2.24, 2.45) is 0 Å². The molecule has 1 fully saturated rings. The third kappa shape index (κ3) is 3.18. The number of aromatic nitrogens is 3. The molecule has 140 valence electrons. The number of piperazine rings is 1. The average molecular weight is 373 g/mol. The van der Waals surface area contributed by atoms with Crippen LogP contribution in [0.25, 0.3) is 10.9 Å². The molecule has 1 aliphatic heterocycles. The van der Waals surface area contributed by atoms with E-state index < -0.39 is 0 Å². The molecule has 1 aromatic carbocycles. The molecule has 0 radical (unpaired) electrons. The lowest BCUT2D eigenvalue weighted by Gasteiger charge is -2.37. The Labute approximate surface area is 162 Å². The van der Waals surface area contributed by atoms with Gasteiger partial charge in [-0.25, -0.2) is 0 Å². The highest BCUT2D eigenvalue weighted by atomic mass is 16.1. The van der Waals surface area contributed by atoms with Crippen molar-refractivity contribution < 1.29 is 4.79 Å². The Balaban J connectivity index is 1.54. The minimum atomic E-state index is -0.252. The van der Waals surface area contributed by atoms with Gasteiger partial charge in [0.15, 0.2) is 11.5 Å². The Kier molecular flexibility index (Phi) is 4.72. The highest BCUT2D eigenvalue weighted by Crippen LogP contribution is 2.30. The lowest BCUT2D eigenvalue weighted by Crippen LogP contribution is -2.47. The van der Waals surface area contributed by atoms with Crippen LogP contribution in [0.5, 0.6) is 0 Å². The van der Waals surface area contributed by atoms with Crippen LogP contribution in [0, 0.1) is 11.3 Å². The van der Waals surface area contributed by atoms with E-state index >= 15 is 0 Å². The second kappa shape index (κ2) is 7.48. The van der Waals surface area contributed by atoms with E-state index in [4.69, 9.17) is 0 Å². The number of hydrogen-bond acceptors (Lipinski definition) is 7. The zero-order chi connectivity index (χ0) is 19.5. The lowest BCUT2D eigenvalue weighted by molar-refractivity contribution is 0.0957. The molecule has 0 spiro atoms. The number of anilines is 2. The number of nitrogens with one attached hydrogen (secondary N) is 1. The van der Waals surface area contributed by atoms with Crippen molar-refractivity contribution in [1.29, 1.82) is 5.26 Å². The summed E-state index contributed by atoms with van der Waals surface area (Å²) in [4.78, 5) is 20.4. The minimum Gasteiger partial charge on any atom is -0.366 e. The number of carbonyl (C=O) groups excluding carboxylic acids is 1. The van der Waals surface area contributed by atoms with Crippen LogP contribution in [0.3, 0.4) is 0 Å². The maximum atomic E-state index is 11.6. The van der Waals surface area contributed by atoms with Crippen molar-refractivity contribution in [3.63, 3.8) is 0 Å². The monoisotopic (exact) mass is 373 g/mol. The Morgan fingerprint density at radius 1 is 1.07 bits per heavy atom. The number of nitriles is 1. The number of nitrogens with zero attached hydrogens (tertiary/aromatic N) is 6. The van der Waals surface area contributed by atoms with Crippen LogP contribution in [0.4, 0.5) is 11.5 Å². The minimum absolute atomic E-state index is 0.252. The second-order valence-corrected chi connectivity index (χ2v) is 6.48. The molecule has 1 aliphatic rings. The molecule has 0 unspecified atom stereocenters.